The maximum atomic E-state index is 13.1. The smallest absolute Gasteiger partial charge is 0.321 e. The molecule has 0 unspecified atom stereocenters. The van der Waals surface area contributed by atoms with Crippen molar-refractivity contribution in [1.82, 2.24) is 9.80 Å². The minimum absolute atomic E-state index is 0.171. The largest absolute Gasteiger partial charge is 0.399 e. The second kappa shape index (κ2) is 12.2. The van der Waals surface area contributed by atoms with E-state index in [2.05, 4.69) is 40.5 Å². The number of anilines is 2. The van der Waals surface area contributed by atoms with Crippen molar-refractivity contribution < 1.29 is 9.53 Å². The third-order valence-corrected chi connectivity index (χ3v) is 7.58. The van der Waals surface area contributed by atoms with Gasteiger partial charge in [-0.05, 0) is 73.0 Å². The number of nitrogens with two attached hydrogens (primary N) is 1. The van der Waals surface area contributed by atoms with Crippen molar-refractivity contribution in [3.63, 3.8) is 0 Å². The Balaban J connectivity index is 1.55. The highest BCUT2D eigenvalue weighted by Crippen LogP contribution is 2.37. The van der Waals surface area contributed by atoms with E-state index in [1.54, 1.807) is 30.2 Å². The first-order valence-electron chi connectivity index (χ1n) is 12.4. The summed E-state index contributed by atoms with van der Waals surface area (Å²) in [5, 5.41) is 3.89. The standard InChI is InChI=1S/C29H34Cl2N4O2/c1-34(28(36)33-27-18-24(30)17-25(31)19-27)20-29(10-12-35(13-11-29)14-15-37-2)23-8-6-21(7-9-23)22-4-3-5-26(32)16-22/h3-9,16-19H,10-15,20,32H2,1-2H3,(H,33,36). The summed E-state index contributed by atoms with van der Waals surface area (Å²) < 4.78 is 5.28. The second-order valence-corrected chi connectivity index (χ2v) is 10.6. The Bertz CT molecular complexity index is 1190. The lowest BCUT2D eigenvalue weighted by Gasteiger charge is -2.44. The number of nitrogens with one attached hydrogen (secondary N) is 1. The minimum Gasteiger partial charge on any atom is -0.399 e. The molecule has 196 valence electrons. The van der Waals surface area contributed by atoms with Crippen LogP contribution >= 0.6 is 23.2 Å². The highest BCUT2D eigenvalue weighted by Gasteiger charge is 2.38. The number of urea groups is 1. The molecule has 0 bridgehead atoms. The number of hydrogen-bond donors (Lipinski definition) is 2. The summed E-state index contributed by atoms with van der Waals surface area (Å²) in [5.41, 5.74) is 10.6. The van der Waals surface area contributed by atoms with Crippen LogP contribution in [-0.4, -0.2) is 62.8 Å². The van der Waals surface area contributed by atoms with Gasteiger partial charge in [0.2, 0.25) is 0 Å². The fourth-order valence-electron chi connectivity index (χ4n) is 5.07. The van der Waals surface area contributed by atoms with Gasteiger partial charge in [-0.3, -0.25) is 0 Å². The summed E-state index contributed by atoms with van der Waals surface area (Å²) in [5.74, 6) is 0. The molecule has 1 aliphatic heterocycles. The third kappa shape index (κ3) is 6.96. The van der Waals surface area contributed by atoms with Gasteiger partial charge in [0.1, 0.15) is 0 Å². The molecule has 3 aromatic rings. The molecule has 0 aliphatic carbocycles. The van der Waals surface area contributed by atoms with Crippen molar-refractivity contribution >= 4 is 40.6 Å². The second-order valence-electron chi connectivity index (χ2n) is 9.76. The molecule has 1 fully saturated rings. The predicted octanol–water partition coefficient (Wildman–Crippen LogP) is 6.39. The molecule has 1 aliphatic rings. The van der Waals surface area contributed by atoms with E-state index in [0.717, 1.165) is 49.3 Å². The van der Waals surface area contributed by atoms with Gasteiger partial charge in [-0.2, -0.15) is 0 Å². The Morgan fingerprint density at radius 3 is 2.32 bits per heavy atom. The maximum absolute atomic E-state index is 13.1. The average molecular weight is 542 g/mol. The van der Waals surface area contributed by atoms with Crippen LogP contribution in [0.4, 0.5) is 16.2 Å². The number of carbonyl (C=O) groups excluding carboxylic acids is 1. The minimum atomic E-state index is -0.198. The van der Waals surface area contributed by atoms with Crippen LogP contribution in [0.25, 0.3) is 11.1 Å². The number of amides is 2. The number of likely N-dealkylation sites (tertiary alicyclic amines) is 1. The zero-order chi connectivity index (χ0) is 26.4. The van der Waals surface area contributed by atoms with E-state index < -0.39 is 0 Å². The van der Waals surface area contributed by atoms with Gasteiger partial charge in [0.15, 0.2) is 0 Å². The van der Waals surface area contributed by atoms with Gasteiger partial charge < -0.3 is 25.6 Å². The molecule has 0 aromatic heterocycles. The van der Waals surface area contributed by atoms with Gasteiger partial charge in [-0.15, -0.1) is 0 Å². The summed E-state index contributed by atoms with van der Waals surface area (Å²) in [6.07, 6.45) is 1.88. The van der Waals surface area contributed by atoms with Crippen molar-refractivity contribution in [2.24, 2.45) is 0 Å². The Hall–Kier alpha value is -2.77. The Kier molecular flexibility index (Phi) is 8.98. The third-order valence-electron chi connectivity index (χ3n) is 7.14. The molecule has 0 radical (unpaired) electrons. The van der Waals surface area contributed by atoms with Crippen LogP contribution in [0.3, 0.4) is 0 Å². The number of methoxy groups -OCH3 is 1. The maximum Gasteiger partial charge on any atom is 0.321 e. The lowest BCUT2D eigenvalue weighted by Crippen LogP contribution is -2.50. The number of nitrogen functional groups attached to an aromatic ring is 1. The molecule has 1 heterocycles. The molecule has 1 saturated heterocycles. The number of nitrogens with zero attached hydrogens (tertiary/aromatic N) is 2. The quantitative estimate of drug-likeness (QED) is 0.325. The van der Waals surface area contributed by atoms with Crippen LogP contribution in [0.5, 0.6) is 0 Å². The Morgan fingerprint density at radius 2 is 1.70 bits per heavy atom. The molecule has 0 spiro atoms. The van der Waals surface area contributed by atoms with E-state index >= 15 is 0 Å². The van der Waals surface area contributed by atoms with Gasteiger partial charge in [-0.1, -0.05) is 59.6 Å². The zero-order valence-corrected chi connectivity index (χ0v) is 22.9. The number of likely N-dealkylation sites (N-methyl/N-ethyl adjacent to an activating group) is 1. The fourth-order valence-corrected chi connectivity index (χ4v) is 5.59. The van der Waals surface area contributed by atoms with Crippen LogP contribution in [0, 0.1) is 0 Å². The number of rotatable bonds is 8. The summed E-state index contributed by atoms with van der Waals surface area (Å²) >= 11 is 12.2. The van der Waals surface area contributed by atoms with E-state index in [4.69, 9.17) is 33.7 Å². The normalized spacial score (nSPS) is 15.4. The number of halogens is 2. The molecule has 8 heteroatoms. The lowest BCUT2D eigenvalue weighted by atomic mass is 9.72. The summed E-state index contributed by atoms with van der Waals surface area (Å²) in [6.45, 7) is 4.10. The molecular formula is C29H34Cl2N4O2. The van der Waals surface area contributed by atoms with E-state index in [0.29, 0.717) is 28.9 Å². The highest BCUT2D eigenvalue weighted by molar-refractivity contribution is 6.35. The number of piperidine rings is 1. The van der Waals surface area contributed by atoms with E-state index in [-0.39, 0.29) is 11.4 Å². The van der Waals surface area contributed by atoms with Crippen molar-refractivity contribution in [1.29, 1.82) is 0 Å². The van der Waals surface area contributed by atoms with Gasteiger partial charge >= 0.3 is 6.03 Å². The lowest BCUT2D eigenvalue weighted by molar-refractivity contribution is 0.0992. The van der Waals surface area contributed by atoms with Crippen LogP contribution in [-0.2, 0) is 10.2 Å². The Morgan fingerprint density at radius 1 is 1.03 bits per heavy atom. The SMILES string of the molecule is COCCN1CCC(CN(C)C(=O)Nc2cc(Cl)cc(Cl)c2)(c2ccc(-c3cccc(N)c3)cc2)CC1. The van der Waals surface area contributed by atoms with Crippen molar-refractivity contribution in [2.75, 3.05) is 58.0 Å². The zero-order valence-electron chi connectivity index (χ0n) is 21.3. The van der Waals surface area contributed by atoms with E-state index in [1.807, 2.05) is 25.2 Å². The number of benzene rings is 3. The predicted molar refractivity (Wildman–Crippen MR) is 154 cm³/mol. The molecule has 0 atom stereocenters. The van der Waals surface area contributed by atoms with Gasteiger partial charge in [-0.25, -0.2) is 4.79 Å². The van der Waals surface area contributed by atoms with E-state index in [9.17, 15) is 4.79 Å². The van der Waals surface area contributed by atoms with Crippen LogP contribution in [0.15, 0.2) is 66.7 Å². The van der Waals surface area contributed by atoms with Gasteiger partial charge in [0, 0.05) is 54.1 Å². The van der Waals surface area contributed by atoms with E-state index in [1.165, 1.54) is 5.56 Å². The molecular weight excluding hydrogens is 507 g/mol. The number of carbonyl (C=O) groups is 1. The summed E-state index contributed by atoms with van der Waals surface area (Å²) in [4.78, 5) is 17.3. The van der Waals surface area contributed by atoms with Gasteiger partial charge in [0.05, 0.1) is 6.61 Å². The number of ether oxygens (including phenoxy) is 1. The van der Waals surface area contributed by atoms with Crippen molar-refractivity contribution in [2.45, 2.75) is 18.3 Å². The Labute approximate surface area is 229 Å². The summed E-state index contributed by atoms with van der Waals surface area (Å²) in [6, 6.07) is 21.4. The first-order valence-corrected chi connectivity index (χ1v) is 13.2. The molecule has 37 heavy (non-hydrogen) atoms. The highest BCUT2D eigenvalue weighted by atomic mass is 35.5. The molecule has 6 nitrogen and oxygen atoms in total. The molecule has 3 aromatic carbocycles. The van der Waals surface area contributed by atoms with Crippen molar-refractivity contribution in [3.05, 3.63) is 82.3 Å². The van der Waals surface area contributed by atoms with Gasteiger partial charge in [0.25, 0.3) is 0 Å². The number of hydrogen-bond acceptors (Lipinski definition) is 4. The topological polar surface area (TPSA) is 70.8 Å². The monoisotopic (exact) mass is 540 g/mol. The first kappa shape index (κ1) is 27.3. The molecule has 0 saturated carbocycles. The van der Waals surface area contributed by atoms with Crippen LogP contribution in [0.1, 0.15) is 18.4 Å². The fraction of sp³-hybridized carbons (Fsp3) is 0.345. The molecule has 2 amide bonds. The van der Waals surface area contributed by atoms with Crippen LogP contribution in [0.2, 0.25) is 10.0 Å². The summed E-state index contributed by atoms with van der Waals surface area (Å²) in [7, 11) is 3.57. The van der Waals surface area contributed by atoms with Crippen LogP contribution < -0.4 is 11.1 Å². The molecule has 3 N–H and O–H groups in total. The molecule has 4 rings (SSSR count). The first-order chi connectivity index (χ1) is 17.8. The average Bonchev–Trinajstić information content (AvgIpc) is 2.88. The van der Waals surface area contributed by atoms with Crippen molar-refractivity contribution in [3.8, 4) is 11.1 Å².